The minimum atomic E-state index is -2.96. The van der Waals surface area contributed by atoms with E-state index in [1.807, 2.05) is 38.1 Å². The molecule has 0 amide bonds. The van der Waals surface area contributed by atoms with Crippen LogP contribution in [-0.2, 0) is 23.0 Å². The smallest absolute Gasteiger partial charge is 0.191 e. The first-order chi connectivity index (χ1) is 10.9. The number of aliphatic imine (C=N–C) groups is 1. The van der Waals surface area contributed by atoms with E-state index in [1.165, 1.54) is 6.26 Å². The van der Waals surface area contributed by atoms with E-state index in [4.69, 9.17) is 0 Å². The van der Waals surface area contributed by atoms with E-state index < -0.39 is 9.84 Å². The summed E-state index contributed by atoms with van der Waals surface area (Å²) in [7, 11) is -2.96. The lowest BCUT2D eigenvalue weighted by Gasteiger charge is -2.17. The minimum Gasteiger partial charge on any atom is -0.392 e. The van der Waals surface area contributed by atoms with E-state index in [9.17, 15) is 13.5 Å². The van der Waals surface area contributed by atoms with Crippen LogP contribution in [0.2, 0.25) is 0 Å². The Morgan fingerprint density at radius 3 is 2.52 bits per heavy atom. The zero-order valence-electron chi connectivity index (χ0n) is 14.0. The molecule has 0 aliphatic heterocycles. The predicted octanol–water partition coefficient (Wildman–Crippen LogP) is 1.06. The van der Waals surface area contributed by atoms with E-state index in [0.29, 0.717) is 25.5 Å². The fourth-order valence-corrected chi connectivity index (χ4v) is 2.83. The Balaban J connectivity index is 2.69. The molecular formula is C16H27N3O3S. The van der Waals surface area contributed by atoms with Gasteiger partial charge < -0.3 is 15.7 Å². The van der Waals surface area contributed by atoms with Crippen molar-refractivity contribution >= 4 is 15.8 Å². The third-order valence-electron chi connectivity index (χ3n) is 3.35. The van der Waals surface area contributed by atoms with Crippen LogP contribution >= 0.6 is 0 Å². The highest BCUT2D eigenvalue weighted by Crippen LogP contribution is 2.09. The highest BCUT2D eigenvalue weighted by atomic mass is 32.2. The fourth-order valence-electron chi connectivity index (χ4n) is 2.05. The summed E-state index contributed by atoms with van der Waals surface area (Å²) in [5.41, 5.74) is 1.83. The average Bonchev–Trinajstić information content (AvgIpc) is 2.50. The number of hydrogen-bond acceptors (Lipinski definition) is 4. The van der Waals surface area contributed by atoms with Crippen molar-refractivity contribution in [2.45, 2.75) is 39.5 Å². The predicted molar refractivity (Wildman–Crippen MR) is 94.1 cm³/mol. The van der Waals surface area contributed by atoms with Gasteiger partial charge in [0.15, 0.2) is 5.96 Å². The summed E-state index contributed by atoms with van der Waals surface area (Å²) in [5.74, 6) is 0.787. The second-order valence-corrected chi connectivity index (χ2v) is 7.85. The van der Waals surface area contributed by atoms with Crippen molar-refractivity contribution in [3.05, 3.63) is 35.4 Å². The van der Waals surface area contributed by atoms with E-state index >= 15 is 0 Å². The van der Waals surface area contributed by atoms with Crippen molar-refractivity contribution in [1.82, 2.24) is 10.6 Å². The normalized spacial score (nSPS) is 13.7. The van der Waals surface area contributed by atoms with Crippen molar-refractivity contribution in [3.8, 4) is 0 Å². The molecule has 6 nitrogen and oxygen atoms in total. The molecule has 130 valence electrons. The van der Waals surface area contributed by atoms with Crippen LogP contribution < -0.4 is 10.6 Å². The zero-order chi connectivity index (χ0) is 17.3. The molecule has 1 aromatic rings. The summed E-state index contributed by atoms with van der Waals surface area (Å²) in [5, 5.41) is 15.7. The number of benzene rings is 1. The molecule has 1 aromatic carbocycles. The van der Waals surface area contributed by atoms with Gasteiger partial charge in [-0.2, -0.15) is 0 Å². The number of aliphatic hydroxyl groups excluding tert-OH is 1. The molecule has 0 radical (unpaired) electrons. The maximum atomic E-state index is 11.2. The Kier molecular flexibility index (Phi) is 8.05. The second-order valence-electron chi connectivity index (χ2n) is 5.59. The zero-order valence-corrected chi connectivity index (χ0v) is 14.9. The first-order valence-electron chi connectivity index (χ1n) is 7.76. The summed E-state index contributed by atoms with van der Waals surface area (Å²) in [6.07, 6.45) is 1.77. The van der Waals surface area contributed by atoms with Gasteiger partial charge in [0.05, 0.1) is 18.9 Å². The Hall–Kier alpha value is -1.60. The van der Waals surface area contributed by atoms with Crippen LogP contribution in [0.4, 0.5) is 0 Å². The maximum absolute atomic E-state index is 11.2. The van der Waals surface area contributed by atoms with Crippen molar-refractivity contribution in [2.24, 2.45) is 4.99 Å². The highest BCUT2D eigenvalue weighted by Gasteiger charge is 2.09. The van der Waals surface area contributed by atoms with E-state index in [0.717, 1.165) is 11.1 Å². The molecule has 3 N–H and O–H groups in total. The molecular weight excluding hydrogens is 314 g/mol. The highest BCUT2D eigenvalue weighted by molar-refractivity contribution is 7.90. The number of sulfone groups is 1. The Bertz CT molecular complexity index is 615. The van der Waals surface area contributed by atoms with Crippen LogP contribution in [0.15, 0.2) is 29.3 Å². The number of aliphatic hydroxyl groups is 1. The summed E-state index contributed by atoms with van der Waals surface area (Å²) in [6.45, 7) is 5.05. The molecule has 0 aromatic heterocycles. The number of rotatable bonds is 8. The monoisotopic (exact) mass is 341 g/mol. The molecule has 0 bridgehead atoms. The molecule has 0 saturated heterocycles. The van der Waals surface area contributed by atoms with Gasteiger partial charge in [-0.3, -0.25) is 0 Å². The Labute approximate surface area is 138 Å². The molecule has 0 fully saturated rings. The molecule has 0 spiro atoms. The van der Waals surface area contributed by atoms with Gasteiger partial charge in [0.25, 0.3) is 0 Å². The largest absolute Gasteiger partial charge is 0.392 e. The van der Waals surface area contributed by atoms with Gasteiger partial charge in [0.2, 0.25) is 0 Å². The molecule has 23 heavy (non-hydrogen) atoms. The molecule has 7 heteroatoms. The summed E-state index contributed by atoms with van der Waals surface area (Å²) in [6, 6.07) is 7.61. The molecule has 1 atom stereocenters. The van der Waals surface area contributed by atoms with Gasteiger partial charge in [-0.15, -0.1) is 0 Å². The molecule has 1 unspecified atom stereocenters. The summed E-state index contributed by atoms with van der Waals surface area (Å²) < 4.78 is 22.5. The first-order valence-corrected chi connectivity index (χ1v) is 9.82. The minimum absolute atomic E-state index is 0.00406. The van der Waals surface area contributed by atoms with Gasteiger partial charge in [-0.1, -0.05) is 24.3 Å². The van der Waals surface area contributed by atoms with Gasteiger partial charge in [0, 0.05) is 18.8 Å². The van der Waals surface area contributed by atoms with Crippen LogP contribution in [0.3, 0.4) is 0 Å². The molecule has 0 aliphatic carbocycles. The average molecular weight is 341 g/mol. The SMILES string of the molecule is CCNC(=NCc1ccccc1CO)NC(C)CCS(C)(=O)=O. The van der Waals surface area contributed by atoms with Crippen LogP contribution in [0.5, 0.6) is 0 Å². The topological polar surface area (TPSA) is 90.8 Å². The van der Waals surface area contributed by atoms with Gasteiger partial charge in [0.1, 0.15) is 9.84 Å². The van der Waals surface area contributed by atoms with Crippen molar-refractivity contribution in [1.29, 1.82) is 0 Å². The number of nitrogens with zero attached hydrogens (tertiary/aromatic N) is 1. The van der Waals surface area contributed by atoms with Crippen molar-refractivity contribution in [2.75, 3.05) is 18.6 Å². The number of nitrogens with one attached hydrogen (secondary N) is 2. The lowest BCUT2D eigenvalue weighted by molar-refractivity contribution is 0.280. The Morgan fingerprint density at radius 2 is 1.96 bits per heavy atom. The third kappa shape index (κ3) is 7.99. The van der Waals surface area contributed by atoms with E-state index in [1.54, 1.807) is 0 Å². The molecule has 1 rings (SSSR count). The summed E-state index contributed by atoms with van der Waals surface area (Å²) in [4.78, 5) is 4.51. The van der Waals surface area contributed by atoms with Crippen LogP contribution in [0.25, 0.3) is 0 Å². The lowest BCUT2D eigenvalue weighted by atomic mass is 10.1. The van der Waals surface area contributed by atoms with Crippen LogP contribution in [0, 0.1) is 0 Å². The number of hydrogen-bond donors (Lipinski definition) is 3. The molecule has 0 heterocycles. The fraction of sp³-hybridized carbons (Fsp3) is 0.562. The van der Waals surface area contributed by atoms with E-state index in [-0.39, 0.29) is 18.4 Å². The molecule has 0 aliphatic rings. The third-order valence-corrected chi connectivity index (χ3v) is 4.32. The van der Waals surface area contributed by atoms with Gasteiger partial charge in [-0.05, 0) is 31.4 Å². The summed E-state index contributed by atoms with van der Waals surface area (Å²) >= 11 is 0. The number of guanidine groups is 1. The molecule has 0 saturated carbocycles. The van der Waals surface area contributed by atoms with Crippen molar-refractivity contribution in [3.63, 3.8) is 0 Å². The van der Waals surface area contributed by atoms with E-state index in [2.05, 4.69) is 15.6 Å². The Morgan fingerprint density at radius 1 is 1.30 bits per heavy atom. The van der Waals surface area contributed by atoms with Crippen molar-refractivity contribution < 1.29 is 13.5 Å². The maximum Gasteiger partial charge on any atom is 0.191 e. The quantitative estimate of drug-likeness (QED) is 0.486. The van der Waals surface area contributed by atoms with Gasteiger partial charge >= 0.3 is 0 Å². The lowest BCUT2D eigenvalue weighted by Crippen LogP contribution is -2.42. The second kappa shape index (κ2) is 9.52. The van der Waals surface area contributed by atoms with Crippen LogP contribution in [-0.4, -0.2) is 44.1 Å². The van der Waals surface area contributed by atoms with Crippen LogP contribution in [0.1, 0.15) is 31.4 Å². The first kappa shape index (κ1) is 19.4. The standard InChI is InChI=1S/C16H27N3O3S/c1-4-17-16(19-13(2)9-10-23(3,21)22)18-11-14-7-5-6-8-15(14)12-20/h5-8,13,20H,4,9-12H2,1-3H3,(H2,17,18,19). The van der Waals surface area contributed by atoms with Gasteiger partial charge in [-0.25, -0.2) is 13.4 Å².